The molecule has 0 amide bonds. The summed E-state index contributed by atoms with van der Waals surface area (Å²) in [5.41, 5.74) is 0. The van der Waals surface area contributed by atoms with E-state index in [1.165, 1.54) is 26.5 Å². The Bertz CT molecular complexity index is 193. The second-order valence-corrected chi connectivity index (χ2v) is 3.66. The van der Waals surface area contributed by atoms with Crippen LogP contribution in [0.1, 0.15) is 19.3 Å². The van der Waals surface area contributed by atoms with Crippen LogP contribution in [0, 0.1) is 5.92 Å². The van der Waals surface area contributed by atoms with Crippen LogP contribution in [-0.2, 0) is 9.53 Å². The van der Waals surface area contributed by atoms with E-state index in [0.29, 0.717) is 6.04 Å². The van der Waals surface area contributed by atoms with Gasteiger partial charge in [0, 0.05) is 6.04 Å². The average molecular weight is 169 g/mol. The third-order valence-corrected chi connectivity index (χ3v) is 3.11. The van der Waals surface area contributed by atoms with Gasteiger partial charge in [0.05, 0.1) is 13.0 Å². The normalized spacial score (nSPS) is 35.1. The number of nitrogens with zero attached hydrogens (tertiary/aromatic N) is 1. The summed E-state index contributed by atoms with van der Waals surface area (Å²) < 4.78 is 4.78. The minimum Gasteiger partial charge on any atom is -0.469 e. The quantitative estimate of drug-likeness (QED) is 0.540. The van der Waals surface area contributed by atoms with E-state index < -0.39 is 0 Å². The molecule has 0 radical (unpaired) electrons. The van der Waals surface area contributed by atoms with Crippen molar-refractivity contribution in [3.8, 4) is 0 Å². The predicted molar refractivity (Wildman–Crippen MR) is 44.7 cm³/mol. The Balaban J connectivity index is 2.04. The molecule has 0 spiro atoms. The van der Waals surface area contributed by atoms with Crippen LogP contribution in [-0.4, -0.2) is 37.1 Å². The Labute approximate surface area is 72.7 Å². The van der Waals surface area contributed by atoms with E-state index in [1.807, 2.05) is 0 Å². The summed E-state index contributed by atoms with van der Waals surface area (Å²) in [5, 5.41) is 0. The van der Waals surface area contributed by atoms with Gasteiger partial charge in [0.1, 0.15) is 0 Å². The van der Waals surface area contributed by atoms with E-state index in [9.17, 15) is 4.79 Å². The fourth-order valence-electron chi connectivity index (χ4n) is 2.51. The van der Waals surface area contributed by atoms with Gasteiger partial charge in [0.15, 0.2) is 0 Å². The summed E-state index contributed by atoms with van der Waals surface area (Å²) in [6.45, 7) is 2.27. The fourth-order valence-corrected chi connectivity index (χ4v) is 2.51. The summed E-state index contributed by atoms with van der Waals surface area (Å²) in [7, 11) is 1.49. The number of hydrogen-bond acceptors (Lipinski definition) is 3. The molecule has 3 heteroatoms. The first-order valence-electron chi connectivity index (χ1n) is 4.65. The molecule has 2 saturated heterocycles. The van der Waals surface area contributed by atoms with Crippen LogP contribution < -0.4 is 0 Å². The van der Waals surface area contributed by atoms with Crippen molar-refractivity contribution in [2.24, 2.45) is 5.92 Å². The Hall–Kier alpha value is -0.570. The van der Waals surface area contributed by atoms with E-state index in [4.69, 9.17) is 4.74 Å². The molecular formula is C9H15NO2. The maximum absolute atomic E-state index is 11.3. The number of fused-ring (bicyclic) bond motifs is 1. The van der Waals surface area contributed by atoms with Gasteiger partial charge < -0.3 is 4.74 Å². The standard InChI is InChI=1S/C9H15NO2/c1-12-9(11)7-4-6-10-5-2-3-8(7)10/h7-8H,2-6H2,1H3/t7?,8-/m1/s1. The Morgan fingerprint density at radius 3 is 3.00 bits per heavy atom. The Morgan fingerprint density at radius 2 is 2.25 bits per heavy atom. The van der Waals surface area contributed by atoms with Crippen molar-refractivity contribution in [3.05, 3.63) is 0 Å². The lowest BCUT2D eigenvalue weighted by Crippen LogP contribution is -2.30. The number of hydrogen-bond donors (Lipinski definition) is 0. The van der Waals surface area contributed by atoms with E-state index >= 15 is 0 Å². The molecule has 0 aromatic carbocycles. The highest BCUT2D eigenvalue weighted by atomic mass is 16.5. The number of esters is 1. The lowest BCUT2D eigenvalue weighted by molar-refractivity contribution is -0.146. The zero-order valence-corrected chi connectivity index (χ0v) is 7.45. The maximum atomic E-state index is 11.3. The van der Waals surface area contributed by atoms with Gasteiger partial charge in [-0.05, 0) is 32.4 Å². The molecular weight excluding hydrogens is 154 g/mol. The first kappa shape index (κ1) is 8.05. The minimum atomic E-state index is -0.00981. The van der Waals surface area contributed by atoms with Crippen molar-refractivity contribution in [1.82, 2.24) is 4.90 Å². The predicted octanol–water partition coefficient (Wildman–Crippen LogP) is 0.644. The molecule has 2 heterocycles. The molecule has 68 valence electrons. The summed E-state index contributed by atoms with van der Waals surface area (Å²) in [4.78, 5) is 13.7. The first-order chi connectivity index (χ1) is 5.83. The zero-order chi connectivity index (χ0) is 8.55. The van der Waals surface area contributed by atoms with Crippen LogP contribution in [0.5, 0.6) is 0 Å². The smallest absolute Gasteiger partial charge is 0.310 e. The van der Waals surface area contributed by atoms with Crippen molar-refractivity contribution in [3.63, 3.8) is 0 Å². The second kappa shape index (κ2) is 3.05. The second-order valence-electron chi connectivity index (χ2n) is 3.66. The third-order valence-electron chi connectivity index (χ3n) is 3.11. The largest absolute Gasteiger partial charge is 0.469 e. The van der Waals surface area contributed by atoms with E-state index in [1.54, 1.807) is 0 Å². The number of carbonyl (C=O) groups is 1. The highest BCUT2D eigenvalue weighted by Gasteiger charge is 2.41. The molecule has 0 aromatic rings. The lowest BCUT2D eigenvalue weighted by Gasteiger charge is -2.17. The molecule has 0 saturated carbocycles. The van der Waals surface area contributed by atoms with Crippen molar-refractivity contribution in [1.29, 1.82) is 0 Å². The molecule has 0 aromatic heterocycles. The lowest BCUT2D eigenvalue weighted by atomic mass is 9.99. The van der Waals surface area contributed by atoms with E-state index in [0.717, 1.165) is 13.0 Å². The Kier molecular flexibility index (Phi) is 2.05. The van der Waals surface area contributed by atoms with E-state index in [-0.39, 0.29) is 11.9 Å². The molecule has 2 aliphatic heterocycles. The highest BCUT2D eigenvalue weighted by Crippen LogP contribution is 2.33. The molecule has 0 aliphatic carbocycles. The highest BCUT2D eigenvalue weighted by molar-refractivity contribution is 5.73. The van der Waals surface area contributed by atoms with Crippen molar-refractivity contribution in [2.75, 3.05) is 20.2 Å². The van der Waals surface area contributed by atoms with Gasteiger partial charge in [-0.3, -0.25) is 9.69 Å². The summed E-state index contributed by atoms with van der Waals surface area (Å²) in [6.07, 6.45) is 3.43. The number of carbonyl (C=O) groups excluding carboxylic acids is 1. The first-order valence-corrected chi connectivity index (χ1v) is 4.65. The van der Waals surface area contributed by atoms with Crippen molar-refractivity contribution >= 4 is 5.97 Å². The van der Waals surface area contributed by atoms with Gasteiger partial charge in [0.25, 0.3) is 0 Å². The number of rotatable bonds is 1. The molecule has 1 unspecified atom stereocenters. The molecule has 2 fully saturated rings. The Morgan fingerprint density at radius 1 is 1.42 bits per heavy atom. The van der Waals surface area contributed by atoms with Crippen LogP contribution in [0.3, 0.4) is 0 Å². The van der Waals surface area contributed by atoms with Gasteiger partial charge in [-0.15, -0.1) is 0 Å². The zero-order valence-electron chi connectivity index (χ0n) is 7.45. The van der Waals surface area contributed by atoms with Gasteiger partial charge in [-0.2, -0.15) is 0 Å². The van der Waals surface area contributed by atoms with Crippen molar-refractivity contribution in [2.45, 2.75) is 25.3 Å². The number of methoxy groups -OCH3 is 1. The topological polar surface area (TPSA) is 29.5 Å². The summed E-state index contributed by atoms with van der Waals surface area (Å²) >= 11 is 0. The van der Waals surface area contributed by atoms with E-state index in [2.05, 4.69) is 4.90 Å². The summed E-state index contributed by atoms with van der Waals surface area (Å²) in [6, 6.07) is 0.498. The average Bonchev–Trinajstić information content (AvgIpc) is 2.62. The molecule has 2 atom stereocenters. The molecule has 12 heavy (non-hydrogen) atoms. The van der Waals surface area contributed by atoms with Crippen LogP contribution in [0.2, 0.25) is 0 Å². The number of ether oxygens (including phenoxy) is 1. The fraction of sp³-hybridized carbons (Fsp3) is 0.889. The SMILES string of the molecule is COC(=O)C1CCN2CCC[C@H]12. The van der Waals surface area contributed by atoms with Crippen LogP contribution in [0.15, 0.2) is 0 Å². The van der Waals surface area contributed by atoms with Gasteiger partial charge >= 0.3 is 5.97 Å². The third kappa shape index (κ3) is 1.12. The molecule has 0 N–H and O–H groups in total. The van der Waals surface area contributed by atoms with Crippen LogP contribution >= 0.6 is 0 Å². The summed E-state index contributed by atoms with van der Waals surface area (Å²) in [5.74, 6) is 0.155. The maximum Gasteiger partial charge on any atom is 0.310 e. The molecule has 3 nitrogen and oxygen atoms in total. The van der Waals surface area contributed by atoms with Gasteiger partial charge in [-0.25, -0.2) is 0 Å². The molecule has 0 bridgehead atoms. The minimum absolute atomic E-state index is 0.00981. The van der Waals surface area contributed by atoms with Crippen LogP contribution in [0.25, 0.3) is 0 Å². The van der Waals surface area contributed by atoms with Crippen molar-refractivity contribution < 1.29 is 9.53 Å². The molecule has 2 aliphatic rings. The van der Waals surface area contributed by atoms with Gasteiger partial charge in [0.2, 0.25) is 0 Å². The molecule has 2 rings (SSSR count). The van der Waals surface area contributed by atoms with Gasteiger partial charge in [-0.1, -0.05) is 0 Å². The van der Waals surface area contributed by atoms with Crippen LogP contribution in [0.4, 0.5) is 0 Å². The monoisotopic (exact) mass is 169 g/mol.